The lowest BCUT2D eigenvalue weighted by Gasteiger charge is -2.32. The SMILES string of the molecule is CC(CNC(=O)C1CCN(c2ccc(Cl)cn2)CC1)c1ccccc1. The fourth-order valence-electron chi connectivity index (χ4n) is 3.22. The Morgan fingerprint density at radius 1 is 1.24 bits per heavy atom. The van der Waals surface area contributed by atoms with Crippen LogP contribution in [0.15, 0.2) is 48.7 Å². The molecule has 0 bridgehead atoms. The zero-order chi connectivity index (χ0) is 17.6. The van der Waals surface area contributed by atoms with Crippen molar-refractivity contribution < 1.29 is 4.79 Å². The van der Waals surface area contributed by atoms with Gasteiger partial charge in [0.15, 0.2) is 0 Å². The van der Waals surface area contributed by atoms with Crippen LogP contribution in [0.4, 0.5) is 5.82 Å². The van der Waals surface area contributed by atoms with E-state index in [9.17, 15) is 4.79 Å². The van der Waals surface area contributed by atoms with E-state index in [2.05, 4.69) is 34.3 Å². The molecule has 3 rings (SSSR count). The van der Waals surface area contributed by atoms with Crippen LogP contribution in [0.25, 0.3) is 0 Å². The fraction of sp³-hybridized carbons (Fsp3) is 0.400. The number of carbonyl (C=O) groups is 1. The molecule has 4 nitrogen and oxygen atoms in total. The summed E-state index contributed by atoms with van der Waals surface area (Å²) in [4.78, 5) is 19.0. The molecule has 1 aliphatic heterocycles. The Morgan fingerprint density at radius 3 is 2.60 bits per heavy atom. The zero-order valence-corrected chi connectivity index (χ0v) is 15.2. The number of carbonyl (C=O) groups excluding carboxylic acids is 1. The number of piperidine rings is 1. The van der Waals surface area contributed by atoms with Crippen molar-refractivity contribution in [1.29, 1.82) is 0 Å². The summed E-state index contributed by atoms with van der Waals surface area (Å²) < 4.78 is 0. The third-order valence-electron chi connectivity index (χ3n) is 4.85. The second-order valence-electron chi connectivity index (χ2n) is 6.65. The van der Waals surface area contributed by atoms with Crippen molar-refractivity contribution in [2.24, 2.45) is 5.92 Å². The number of nitrogens with one attached hydrogen (secondary N) is 1. The maximum atomic E-state index is 12.5. The summed E-state index contributed by atoms with van der Waals surface area (Å²) >= 11 is 5.89. The maximum Gasteiger partial charge on any atom is 0.223 e. The van der Waals surface area contributed by atoms with Crippen molar-refractivity contribution in [3.05, 3.63) is 59.2 Å². The summed E-state index contributed by atoms with van der Waals surface area (Å²) in [7, 11) is 0. The molecule has 1 aromatic carbocycles. The smallest absolute Gasteiger partial charge is 0.223 e. The van der Waals surface area contributed by atoms with E-state index < -0.39 is 0 Å². The van der Waals surface area contributed by atoms with Gasteiger partial charge in [-0.05, 0) is 36.5 Å². The molecule has 0 spiro atoms. The molecule has 0 aliphatic carbocycles. The molecule has 1 N–H and O–H groups in total. The topological polar surface area (TPSA) is 45.2 Å². The van der Waals surface area contributed by atoms with Crippen molar-refractivity contribution in [2.45, 2.75) is 25.7 Å². The Hall–Kier alpha value is -2.07. The van der Waals surface area contributed by atoms with Gasteiger partial charge in [0.2, 0.25) is 5.91 Å². The van der Waals surface area contributed by atoms with E-state index in [1.54, 1.807) is 6.20 Å². The highest BCUT2D eigenvalue weighted by molar-refractivity contribution is 6.30. The molecule has 1 aromatic heterocycles. The van der Waals surface area contributed by atoms with E-state index in [-0.39, 0.29) is 11.8 Å². The number of pyridine rings is 1. The van der Waals surface area contributed by atoms with Crippen LogP contribution in [-0.2, 0) is 4.79 Å². The van der Waals surface area contributed by atoms with Gasteiger partial charge in [-0.3, -0.25) is 4.79 Å². The first kappa shape index (κ1) is 17.7. The first-order chi connectivity index (χ1) is 12.1. The Bertz CT molecular complexity index is 682. The van der Waals surface area contributed by atoms with Crippen molar-refractivity contribution in [1.82, 2.24) is 10.3 Å². The third-order valence-corrected chi connectivity index (χ3v) is 5.08. The Labute approximate surface area is 154 Å². The zero-order valence-electron chi connectivity index (χ0n) is 14.5. The minimum Gasteiger partial charge on any atom is -0.357 e. The Morgan fingerprint density at radius 2 is 1.96 bits per heavy atom. The molecule has 1 fully saturated rings. The molecule has 1 aliphatic rings. The number of nitrogens with zero attached hydrogens (tertiary/aromatic N) is 2. The van der Waals surface area contributed by atoms with Crippen molar-refractivity contribution >= 4 is 23.3 Å². The van der Waals surface area contributed by atoms with Gasteiger partial charge in [0.25, 0.3) is 0 Å². The van der Waals surface area contributed by atoms with Crippen molar-refractivity contribution in [3.63, 3.8) is 0 Å². The predicted molar refractivity (Wildman–Crippen MR) is 102 cm³/mol. The van der Waals surface area contributed by atoms with Crippen molar-refractivity contribution in [2.75, 3.05) is 24.5 Å². The predicted octanol–water partition coefficient (Wildman–Crippen LogP) is 3.87. The second-order valence-corrected chi connectivity index (χ2v) is 7.09. The molecule has 2 heterocycles. The van der Waals surface area contributed by atoms with Crippen LogP contribution in [0.1, 0.15) is 31.2 Å². The van der Waals surface area contributed by atoms with Crippen LogP contribution < -0.4 is 10.2 Å². The van der Waals surface area contributed by atoms with E-state index in [0.29, 0.717) is 17.5 Å². The molecule has 0 radical (unpaired) electrons. The highest BCUT2D eigenvalue weighted by Gasteiger charge is 2.25. The molecule has 1 atom stereocenters. The summed E-state index contributed by atoms with van der Waals surface area (Å²) in [6, 6.07) is 14.1. The third kappa shape index (κ3) is 4.73. The van der Waals surface area contributed by atoms with E-state index in [0.717, 1.165) is 31.7 Å². The number of hydrogen-bond donors (Lipinski definition) is 1. The van der Waals surface area contributed by atoms with Crippen LogP contribution in [0, 0.1) is 5.92 Å². The average Bonchev–Trinajstić information content (AvgIpc) is 2.67. The summed E-state index contributed by atoms with van der Waals surface area (Å²) in [5, 5.41) is 3.77. The largest absolute Gasteiger partial charge is 0.357 e. The molecule has 1 saturated heterocycles. The summed E-state index contributed by atoms with van der Waals surface area (Å²) in [6.07, 6.45) is 3.38. The highest BCUT2D eigenvalue weighted by atomic mass is 35.5. The Kier molecular flexibility index (Phi) is 5.92. The fourth-order valence-corrected chi connectivity index (χ4v) is 3.34. The summed E-state index contributed by atoms with van der Waals surface area (Å²) in [6.45, 7) is 4.52. The average molecular weight is 358 g/mol. The Balaban J connectivity index is 1.46. The molecular formula is C20H24ClN3O. The molecule has 5 heteroatoms. The van der Waals surface area contributed by atoms with Gasteiger partial charge in [0.05, 0.1) is 5.02 Å². The molecule has 25 heavy (non-hydrogen) atoms. The quantitative estimate of drug-likeness (QED) is 0.883. The molecular weight excluding hydrogens is 334 g/mol. The van der Waals surface area contributed by atoms with Crippen LogP contribution in [0.2, 0.25) is 5.02 Å². The number of rotatable bonds is 5. The second kappa shape index (κ2) is 8.34. The first-order valence-corrected chi connectivity index (χ1v) is 9.20. The molecule has 0 saturated carbocycles. The number of aromatic nitrogens is 1. The summed E-state index contributed by atoms with van der Waals surface area (Å²) in [5.41, 5.74) is 1.26. The minimum absolute atomic E-state index is 0.0894. The molecule has 1 amide bonds. The lowest BCUT2D eigenvalue weighted by Crippen LogP contribution is -2.41. The van der Waals surface area contributed by atoms with Crippen LogP contribution in [0.5, 0.6) is 0 Å². The van der Waals surface area contributed by atoms with E-state index >= 15 is 0 Å². The lowest BCUT2D eigenvalue weighted by atomic mass is 9.95. The maximum absolute atomic E-state index is 12.5. The van der Waals surface area contributed by atoms with Crippen LogP contribution in [0.3, 0.4) is 0 Å². The number of benzene rings is 1. The monoisotopic (exact) mass is 357 g/mol. The number of halogens is 1. The van der Waals surface area contributed by atoms with Crippen LogP contribution in [-0.4, -0.2) is 30.5 Å². The first-order valence-electron chi connectivity index (χ1n) is 8.82. The van der Waals surface area contributed by atoms with Crippen LogP contribution >= 0.6 is 11.6 Å². The molecule has 2 aromatic rings. The van der Waals surface area contributed by atoms with Crippen molar-refractivity contribution in [3.8, 4) is 0 Å². The highest BCUT2D eigenvalue weighted by Crippen LogP contribution is 2.23. The minimum atomic E-state index is 0.0894. The van der Waals surface area contributed by atoms with E-state index in [4.69, 9.17) is 11.6 Å². The number of anilines is 1. The number of hydrogen-bond acceptors (Lipinski definition) is 3. The van der Waals surface area contributed by atoms with Gasteiger partial charge in [-0.1, -0.05) is 48.9 Å². The normalized spacial score (nSPS) is 16.5. The van der Waals surface area contributed by atoms with Gasteiger partial charge < -0.3 is 10.2 Å². The summed E-state index contributed by atoms with van der Waals surface area (Å²) in [5.74, 6) is 1.52. The van der Waals surface area contributed by atoms with Gasteiger partial charge in [-0.2, -0.15) is 0 Å². The lowest BCUT2D eigenvalue weighted by molar-refractivity contribution is -0.125. The standard InChI is InChI=1S/C20H24ClN3O/c1-15(16-5-3-2-4-6-16)13-23-20(25)17-9-11-24(12-10-17)19-8-7-18(21)14-22-19/h2-8,14-15,17H,9-13H2,1H3,(H,23,25). The number of amides is 1. The molecule has 132 valence electrons. The van der Waals surface area contributed by atoms with Gasteiger partial charge in [0, 0.05) is 31.7 Å². The van der Waals surface area contributed by atoms with Gasteiger partial charge in [0.1, 0.15) is 5.82 Å². The van der Waals surface area contributed by atoms with E-state index in [1.165, 1.54) is 5.56 Å². The van der Waals surface area contributed by atoms with Gasteiger partial charge in [-0.25, -0.2) is 4.98 Å². The van der Waals surface area contributed by atoms with Gasteiger partial charge in [-0.15, -0.1) is 0 Å². The van der Waals surface area contributed by atoms with E-state index in [1.807, 2.05) is 30.3 Å². The molecule has 1 unspecified atom stereocenters. The van der Waals surface area contributed by atoms with Gasteiger partial charge >= 0.3 is 0 Å².